The van der Waals surface area contributed by atoms with E-state index in [1.807, 2.05) is 27.7 Å². The van der Waals surface area contributed by atoms with Crippen LogP contribution in [-0.4, -0.2) is 41.8 Å². The van der Waals surface area contributed by atoms with E-state index in [1.54, 1.807) is 4.90 Å². The Morgan fingerprint density at radius 2 is 2.12 bits per heavy atom. The fourth-order valence-corrected chi connectivity index (χ4v) is 1.46. The molecule has 1 rings (SSSR count). The molecule has 1 saturated heterocycles. The van der Waals surface area contributed by atoms with Gasteiger partial charge >= 0.3 is 6.09 Å². The van der Waals surface area contributed by atoms with E-state index in [9.17, 15) is 4.79 Å². The molecule has 0 spiro atoms. The topological polar surface area (TPSA) is 41.6 Å². The minimum atomic E-state index is -0.429. The Morgan fingerprint density at radius 1 is 1.56 bits per heavy atom. The largest absolute Gasteiger partial charge is 0.444 e. The van der Waals surface area contributed by atoms with Gasteiger partial charge in [0.05, 0.1) is 6.04 Å². The number of carbonyl (C=O) groups is 1. The Kier molecular flexibility index (Phi) is 3.82. The molecule has 1 amide bonds. The molecule has 0 radical (unpaired) electrons. The Hall–Kier alpha value is -1.21. The number of hydrogen-bond donors (Lipinski definition) is 1. The van der Waals surface area contributed by atoms with Gasteiger partial charge in [-0.3, -0.25) is 5.32 Å². The molecule has 0 aliphatic carbocycles. The summed E-state index contributed by atoms with van der Waals surface area (Å²) in [6.07, 6.45) is 5.01. The van der Waals surface area contributed by atoms with Crippen molar-refractivity contribution in [3.8, 4) is 12.3 Å². The third-order valence-corrected chi connectivity index (χ3v) is 2.27. The molecule has 0 aromatic heterocycles. The maximum absolute atomic E-state index is 11.6. The van der Waals surface area contributed by atoms with Gasteiger partial charge in [-0.2, -0.15) is 0 Å². The Balaban J connectivity index is 2.26. The number of nitrogens with one attached hydrogen (secondary N) is 1. The van der Waals surface area contributed by atoms with Gasteiger partial charge in [-0.15, -0.1) is 6.42 Å². The van der Waals surface area contributed by atoms with Crippen LogP contribution in [0, 0.1) is 12.3 Å². The maximum Gasteiger partial charge on any atom is 0.410 e. The Bertz CT molecular complexity index is 295. The first-order valence-corrected chi connectivity index (χ1v) is 5.52. The van der Waals surface area contributed by atoms with Gasteiger partial charge in [0.25, 0.3) is 0 Å². The van der Waals surface area contributed by atoms with Crippen LogP contribution in [0.2, 0.25) is 0 Å². The molecule has 90 valence electrons. The number of rotatable bonds is 2. The average molecular weight is 224 g/mol. The van der Waals surface area contributed by atoms with Crippen molar-refractivity contribution in [1.82, 2.24) is 10.2 Å². The first-order chi connectivity index (χ1) is 7.31. The second-order valence-electron chi connectivity index (χ2n) is 5.14. The van der Waals surface area contributed by atoms with E-state index >= 15 is 0 Å². The number of carbonyl (C=O) groups excluding carboxylic acids is 1. The molecule has 0 saturated carbocycles. The second-order valence-corrected chi connectivity index (χ2v) is 5.14. The summed E-state index contributed by atoms with van der Waals surface area (Å²) in [6.45, 7) is 8.85. The van der Waals surface area contributed by atoms with Crippen LogP contribution in [-0.2, 0) is 4.74 Å². The summed E-state index contributed by atoms with van der Waals surface area (Å²) >= 11 is 0. The van der Waals surface area contributed by atoms with Crippen LogP contribution in [0.4, 0.5) is 4.79 Å². The van der Waals surface area contributed by atoms with Gasteiger partial charge in [-0.25, -0.2) is 4.79 Å². The smallest absolute Gasteiger partial charge is 0.410 e. The van der Waals surface area contributed by atoms with Gasteiger partial charge in [-0.1, -0.05) is 5.92 Å². The van der Waals surface area contributed by atoms with E-state index in [1.165, 1.54) is 0 Å². The van der Waals surface area contributed by atoms with Crippen molar-refractivity contribution < 1.29 is 9.53 Å². The molecule has 1 aliphatic rings. The number of amides is 1. The molecule has 1 atom stereocenters. The monoisotopic (exact) mass is 224 g/mol. The summed E-state index contributed by atoms with van der Waals surface area (Å²) in [7, 11) is 0. The van der Waals surface area contributed by atoms with E-state index in [4.69, 9.17) is 11.2 Å². The number of likely N-dealkylation sites (tertiary alicyclic amines) is 1. The van der Waals surface area contributed by atoms with Crippen LogP contribution in [0.3, 0.4) is 0 Å². The van der Waals surface area contributed by atoms with Crippen molar-refractivity contribution >= 4 is 6.09 Å². The first kappa shape index (κ1) is 12.9. The summed E-state index contributed by atoms with van der Waals surface area (Å²) in [5.74, 6) is 2.60. The fourth-order valence-electron chi connectivity index (χ4n) is 1.46. The molecule has 4 nitrogen and oxygen atoms in total. The molecule has 16 heavy (non-hydrogen) atoms. The molecule has 4 heteroatoms. The minimum absolute atomic E-state index is 0.0470. The number of terminal acetylenes is 1. The van der Waals surface area contributed by atoms with Crippen LogP contribution >= 0.6 is 0 Å². The molecular weight excluding hydrogens is 204 g/mol. The molecular formula is C12H20N2O2. The average Bonchev–Trinajstić information content (AvgIpc) is 2.06. The van der Waals surface area contributed by atoms with E-state index < -0.39 is 5.60 Å². The lowest BCUT2D eigenvalue weighted by Crippen LogP contribution is -2.61. The predicted octanol–water partition coefficient (Wildman–Crippen LogP) is 1.22. The Labute approximate surface area is 97.3 Å². The quantitative estimate of drug-likeness (QED) is 0.717. The molecule has 0 bridgehead atoms. The molecule has 0 aromatic rings. The highest BCUT2D eigenvalue weighted by Crippen LogP contribution is 2.15. The molecule has 1 unspecified atom stereocenters. The fraction of sp³-hybridized carbons (Fsp3) is 0.750. The van der Waals surface area contributed by atoms with Crippen molar-refractivity contribution in [2.45, 2.75) is 45.4 Å². The zero-order valence-corrected chi connectivity index (χ0v) is 10.4. The summed E-state index contributed by atoms with van der Waals surface area (Å²) in [5.41, 5.74) is -0.429. The highest BCUT2D eigenvalue weighted by Gasteiger charge is 2.33. The van der Waals surface area contributed by atoms with Crippen LogP contribution < -0.4 is 5.32 Å². The third kappa shape index (κ3) is 3.74. The minimum Gasteiger partial charge on any atom is -0.444 e. The number of ether oxygens (including phenoxy) is 1. The summed E-state index contributed by atoms with van der Waals surface area (Å²) < 4.78 is 5.24. The highest BCUT2D eigenvalue weighted by atomic mass is 16.6. The summed E-state index contributed by atoms with van der Waals surface area (Å²) in [5, 5.41) is 3.23. The lowest BCUT2D eigenvalue weighted by Gasteiger charge is -2.40. The van der Waals surface area contributed by atoms with Crippen molar-refractivity contribution in [3.05, 3.63) is 0 Å². The van der Waals surface area contributed by atoms with E-state index in [0.717, 1.165) is 0 Å². The molecule has 1 heterocycles. The van der Waals surface area contributed by atoms with Crippen molar-refractivity contribution in [2.24, 2.45) is 0 Å². The van der Waals surface area contributed by atoms with Crippen LogP contribution in [0.5, 0.6) is 0 Å². The van der Waals surface area contributed by atoms with Gasteiger partial charge in [0.1, 0.15) is 5.60 Å². The number of nitrogens with zero attached hydrogens (tertiary/aromatic N) is 1. The molecule has 1 N–H and O–H groups in total. The first-order valence-electron chi connectivity index (χ1n) is 5.52. The van der Waals surface area contributed by atoms with Gasteiger partial charge < -0.3 is 9.64 Å². The standard InChI is InChI=1S/C12H20N2O2/c1-6-9(2)13-10-7-14(8-10)11(15)16-12(3,4)5/h1,9-10,13H,7-8H2,2-5H3. The molecule has 1 aliphatic heterocycles. The van der Waals surface area contributed by atoms with Gasteiger partial charge in [-0.05, 0) is 27.7 Å². The third-order valence-electron chi connectivity index (χ3n) is 2.27. The van der Waals surface area contributed by atoms with Crippen molar-refractivity contribution in [1.29, 1.82) is 0 Å². The molecule has 0 aromatic carbocycles. The lowest BCUT2D eigenvalue weighted by molar-refractivity contribution is 0.00493. The van der Waals surface area contributed by atoms with Crippen LogP contribution in [0.1, 0.15) is 27.7 Å². The van der Waals surface area contributed by atoms with Crippen molar-refractivity contribution in [2.75, 3.05) is 13.1 Å². The summed E-state index contributed by atoms with van der Waals surface area (Å²) in [4.78, 5) is 13.3. The lowest BCUT2D eigenvalue weighted by atomic mass is 10.1. The predicted molar refractivity (Wildman–Crippen MR) is 63.0 cm³/mol. The molecule has 1 fully saturated rings. The number of hydrogen-bond acceptors (Lipinski definition) is 3. The van der Waals surface area contributed by atoms with E-state index in [2.05, 4.69) is 11.2 Å². The SMILES string of the molecule is C#CC(C)NC1CN(C(=O)OC(C)(C)C)C1. The van der Waals surface area contributed by atoms with Crippen LogP contribution in [0.15, 0.2) is 0 Å². The zero-order chi connectivity index (χ0) is 12.3. The summed E-state index contributed by atoms with van der Waals surface area (Å²) in [6, 6.07) is 0.337. The Morgan fingerprint density at radius 3 is 2.56 bits per heavy atom. The van der Waals surface area contributed by atoms with Gasteiger partial charge in [0.15, 0.2) is 0 Å². The second kappa shape index (κ2) is 4.75. The van der Waals surface area contributed by atoms with Gasteiger partial charge in [0, 0.05) is 19.1 Å². The highest BCUT2D eigenvalue weighted by molar-refractivity contribution is 5.69. The zero-order valence-electron chi connectivity index (χ0n) is 10.4. The van der Waals surface area contributed by atoms with E-state index in [-0.39, 0.29) is 12.1 Å². The van der Waals surface area contributed by atoms with Crippen LogP contribution in [0.25, 0.3) is 0 Å². The normalized spacial score (nSPS) is 18.6. The van der Waals surface area contributed by atoms with Crippen molar-refractivity contribution in [3.63, 3.8) is 0 Å². The van der Waals surface area contributed by atoms with E-state index in [0.29, 0.717) is 19.1 Å². The maximum atomic E-state index is 11.6. The van der Waals surface area contributed by atoms with Gasteiger partial charge in [0.2, 0.25) is 0 Å².